The zero-order valence-corrected chi connectivity index (χ0v) is 47.4. The van der Waals surface area contributed by atoms with Crippen LogP contribution in [0.4, 0.5) is 8.78 Å². The smallest absolute Gasteiger partial charge is 0.286 e. The summed E-state index contributed by atoms with van der Waals surface area (Å²) in [5.74, 6) is -1.99. The normalized spacial score (nSPS) is 11.4. The number of nitrogens with one attached hydrogen (secondary N) is 1. The van der Waals surface area contributed by atoms with Gasteiger partial charge in [0.2, 0.25) is 15.0 Å². The summed E-state index contributed by atoms with van der Waals surface area (Å²) in [6, 6.07) is 32.4. The third-order valence-corrected chi connectivity index (χ3v) is 15.4. The van der Waals surface area contributed by atoms with E-state index in [1.54, 1.807) is 67.2 Å². The van der Waals surface area contributed by atoms with E-state index >= 15 is 0 Å². The van der Waals surface area contributed by atoms with E-state index in [4.69, 9.17) is 12.2 Å². The van der Waals surface area contributed by atoms with Gasteiger partial charge in [0, 0.05) is 67.4 Å². The van der Waals surface area contributed by atoms with E-state index in [1.165, 1.54) is 26.9 Å². The first-order chi connectivity index (χ1) is 39.0. The summed E-state index contributed by atoms with van der Waals surface area (Å²) in [4.78, 5) is 49.2. The molecule has 0 unspecified atom stereocenters. The number of sulfone groups is 1. The number of fused-ring (bicyclic) bond motifs is 4. The highest BCUT2D eigenvalue weighted by atomic mass is 79.9. The molecule has 1 N–H and O–H groups in total. The zero-order chi connectivity index (χ0) is 57.0. The second-order valence-electron chi connectivity index (χ2n) is 19.1. The molecule has 0 bridgehead atoms. The lowest BCUT2D eigenvalue weighted by molar-refractivity contribution is 0.577. The zero-order valence-electron chi connectivity index (χ0n) is 44.2. The summed E-state index contributed by atoms with van der Waals surface area (Å²) in [6.45, 7) is 5.27. The number of halogens is 3. The predicted molar refractivity (Wildman–Crippen MR) is 317 cm³/mol. The number of alkyl halides is 1. The van der Waals surface area contributed by atoms with Crippen LogP contribution in [0.25, 0.3) is 66.6 Å². The Morgan fingerprint density at radius 1 is 0.598 bits per heavy atom. The first-order valence-corrected chi connectivity index (χ1v) is 28.6. The largest absolute Gasteiger partial charge is 0.335 e. The molecule has 0 aliphatic heterocycles. The van der Waals surface area contributed by atoms with Crippen molar-refractivity contribution in [2.45, 2.75) is 65.5 Å². The molecule has 420 valence electrons. The second kappa shape index (κ2) is 24.9. The Morgan fingerprint density at radius 2 is 1.10 bits per heavy atom. The molecule has 0 fully saturated rings. The molecule has 0 saturated heterocycles. The molecule has 12 aromatic rings. The third kappa shape index (κ3) is 13.0. The van der Waals surface area contributed by atoms with Gasteiger partial charge in [-0.1, -0.05) is 70.2 Å². The van der Waals surface area contributed by atoms with E-state index in [1.807, 2.05) is 78.5 Å². The minimum atomic E-state index is -3.85. The van der Waals surface area contributed by atoms with Crippen LogP contribution < -0.4 is 11.1 Å². The van der Waals surface area contributed by atoms with Gasteiger partial charge in [0.25, 0.3) is 11.1 Å². The van der Waals surface area contributed by atoms with Gasteiger partial charge in [-0.25, -0.2) is 51.5 Å². The third-order valence-electron chi connectivity index (χ3n) is 13.1. The second-order valence-corrected chi connectivity index (χ2v) is 22.3. The first kappa shape index (κ1) is 57.9. The number of aromatic amines is 1. The van der Waals surface area contributed by atoms with Crippen LogP contribution in [0.5, 0.6) is 0 Å². The van der Waals surface area contributed by atoms with E-state index in [9.17, 15) is 26.8 Å². The van der Waals surface area contributed by atoms with Crippen molar-refractivity contribution in [3.8, 4) is 22.5 Å². The fraction of sp³-hybridized carbons (Fsp3) is 0.228. The molecule has 0 atom stereocenters. The van der Waals surface area contributed by atoms with Crippen molar-refractivity contribution >= 4 is 82.1 Å². The molecule has 0 saturated carbocycles. The van der Waals surface area contributed by atoms with Gasteiger partial charge < -0.3 is 23.3 Å². The Morgan fingerprint density at radius 3 is 1.61 bits per heavy atom. The van der Waals surface area contributed by atoms with Crippen LogP contribution in [0.2, 0.25) is 0 Å². The van der Waals surface area contributed by atoms with Crippen LogP contribution in [0.1, 0.15) is 42.8 Å². The lowest BCUT2D eigenvalue weighted by Gasteiger charge is -2.11. The van der Waals surface area contributed by atoms with E-state index in [0.29, 0.717) is 40.2 Å². The molecule has 8 heterocycles. The average Bonchev–Trinajstić information content (AvgIpc) is 4.40. The van der Waals surface area contributed by atoms with Gasteiger partial charge in [0.15, 0.2) is 16.4 Å². The van der Waals surface area contributed by atoms with Crippen molar-refractivity contribution in [2.24, 2.45) is 14.1 Å². The van der Waals surface area contributed by atoms with Crippen molar-refractivity contribution in [1.29, 1.82) is 0 Å². The molecule has 0 spiro atoms. The average molecular weight is 1210 g/mol. The highest BCUT2D eigenvalue weighted by molar-refractivity contribution is 9.09. The van der Waals surface area contributed by atoms with Crippen LogP contribution in [-0.4, -0.2) is 97.7 Å². The van der Waals surface area contributed by atoms with E-state index in [0.717, 1.165) is 74.3 Å². The molecule has 20 nitrogen and oxygen atoms in total. The van der Waals surface area contributed by atoms with Crippen molar-refractivity contribution in [3.63, 3.8) is 0 Å². The maximum absolute atomic E-state index is 14.8. The Bertz CT molecular complexity index is 4610. The molecule has 8 aromatic heterocycles. The minimum Gasteiger partial charge on any atom is -0.335 e. The molecule has 25 heteroatoms. The lowest BCUT2D eigenvalue weighted by Crippen LogP contribution is -2.23. The van der Waals surface area contributed by atoms with Crippen molar-refractivity contribution in [3.05, 3.63) is 194 Å². The Kier molecular flexibility index (Phi) is 17.6. The van der Waals surface area contributed by atoms with Gasteiger partial charge >= 0.3 is 0 Å². The molecule has 82 heavy (non-hydrogen) atoms. The number of hydrogen-bond donors (Lipinski definition) is 1. The Balaban J connectivity index is 0.000000168. The Hall–Kier alpha value is -8.81. The van der Waals surface area contributed by atoms with Gasteiger partial charge in [-0.15, -0.1) is 10.2 Å². The maximum atomic E-state index is 14.8. The molecule has 0 aliphatic rings. The highest BCUT2D eigenvalue weighted by Gasteiger charge is 2.21. The summed E-state index contributed by atoms with van der Waals surface area (Å²) in [6.07, 6.45) is 8.12. The monoisotopic (exact) mass is 1210 g/mol. The summed E-state index contributed by atoms with van der Waals surface area (Å²) < 4.78 is 65.7. The number of benzene rings is 4. The molecule has 0 aliphatic carbocycles. The van der Waals surface area contributed by atoms with Crippen molar-refractivity contribution in [2.75, 3.05) is 11.1 Å². The topological polar surface area (TPSA) is 230 Å². The number of imidazole rings is 2. The predicted octanol–water partition coefficient (Wildman–Crippen LogP) is 9.50. The van der Waals surface area contributed by atoms with Crippen molar-refractivity contribution in [1.82, 2.24) is 78.2 Å². The number of hydrogen-bond acceptors (Lipinski definition) is 14. The molecule has 4 aromatic carbocycles. The van der Waals surface area contributed by atoms with Gasteiger partial charge in [-0.2, -0.15) is 0 Å². The van der Waals surface area contributed by atoms with Gasteiger partial charge in [-0.3, -0.25) is 9.59 Å². The van der Waals surface area contributed by atoms with Crippen LogP contribution in [0.15, 0.2) is 149 Å². The molecule has 0 amide bonds. The van der Waals surface area contributed by atoms with E-state index < -0.39 is 32.6 Å². The van der Waals surface area contributed by atoms with E-state index in [-0.39, 0.29) is 42.7 Å². The lowest BCUT2D eigenvalue weighted by atomic mass is 10.1. The Labute approximate surface area is 481 Å². The fourth-order valence-corrected chi connectivity index (χ4v) is 10.9. The maximum Gasteiger partial charge on any atom is 0.286 e. The van der Waals surface area contributed by atoms with Crippen molar-refractivity contribution < 1.29 is 17.2 Å². The summed E-state index contributed by atoms with van der Waals surface area (Å²) in [5.41, 5.74) is 9.88. The number of aryl methyl sites for hydroxylation is 6. The SMILES string of the molecule is BrCCCn1cnc2ccccc21.C.Cc1cc(-c2cc(F)c(=O)n(Cc3ccc4nnn(C)c4c3)c2)nc(=S)[nH]1.Cc1cc(-c2cc(F)c(=O)n(Cc3ccc4nnn(C)c4c3)c2)nc(S(=O)(=O)CCCn2cnc3ccccc32)n1. The first-order valence-electron chi connectivity index (χ1n) is 25.4. The number of rotatable bonds is 14. The molecule has 12 rings (SSSR count). The van der Waals surface area contributed by atoms with Crippen LogP contribution in [0.3, 0.4) is 0 Å². The van der Waals surface area contributed by atoms with E-state index in [2.05, 4.69) is 83.2 Å². The van der Waals surface area contributed by atoms with Crippen LogP contribution in [-0.2, 0) is 50.1 Å². The van der Waals surface area contributed by atoms with Crippen LogP contribution in [0, 0.1) is 30.3 Å². The number of nitrogens with zero attached hydrogens (tertiary/aromatic N) is 15. The minimum absolute atomic E-state index is 0. The number of pyridine rings is 2. The molecular weight excluding hydrogens is 1150 g/mol. The summed E-state index contributed by atoms with van der Waals surface area (Å²) >= 11 is 8.51. The van der Waals surface area contributed by atoms with Gasteiger partial charge in [0.05, 0.1) is 76.0 Å². The number of para-hydroxylation sites is 4. The fourth-order valence-electron chi connectivity index (χ4n) is 9.13. The van der Waals surface area contributed by atoms with Crippen LogP contribution >= 0.6 is 28.1 Å². The quantitative estimate of drug-likeness (QED) is 0.0607. The molecular formula is C57H55BrF2N16O4S2. The highest BCUT2D eigenvalue weighted by Crippen LogP contribution is 2.23. The number of H-pyrrole nitrogens is 1. The summed E-state index contributed by atoms with van der Waals surface area (Å²) in [7, 11) is -0.300. The standard InChI is InChI=1S/C28H25FN8O3S.C18H15FN6OS.C10H11BrN2.CH4/c1-18-12-24(32-28(31-18)41(39,40)11-5-10-36-17-30-22-6-3-4-7-25(22)36)20-14-21(29)27(38)37(16-20)15-19-8-9-23-26(13-19)35(2)34-33-23;1-10-5-15(21-18(27)20-10)12-7-13(19)17(26)25(9-12)8-11-3-4-14-16(6-11)24(2)23-22-14;11-6-3-7-13-8-12-9-4-1-2-5-10(9)13;/h3-4,6-9,12-14,16-17H,5,10-11,15H2,1-2H3;3-7,9H,8H2,1-2H3,(H,20,21,27);1-2,4-5,8H,3,6-7H2;1H4. The molecule has 0 radical (unpaired) electrons. The summed E-state index contributed by atoms with van der Waals surface area (Å²) in [5, 5.41) is 16.7. The number of aromatic nitrogens is 16. The van der Waals surface area contributed by atoms with Gasteiger partial charge in [-0.05, 0) is 123 Å². The van der Waals surface area contributed by atoms with Gasteiger partial charge in [0.1, 0.15) is 11.0 Å².